The van der Waals surface area contributed by atoms with E-state index in [0.717, 1.165) is 11.1 Å². The van der Waals surface area contributed by atoms with Gasteiger partial charge < -0.3 is 9.47 Å². The van der Waals surface area contributed by atoms with E-state index in [9.17, 15) is 4.79 Å². The maximum Gasteiger partial charge on any atom is 0.338 e. The van der Waals surface area contributed by atoms with E-state index in [2.05, 4.69) is 30.3 Å². The van der Waals surface area contributed by atoms with Crippen LogP contribution in [0.25, 0.3) is 10.8 Å². The second-order valence-electron chi connectivity index (χ2n) is 5.44. The minimum absolute atomic E-state index is 0.348. The van der Waals surface area contributed by atoms with Crippen LogP contribution in [0.1, 0.15) is 21.5 Å². The number of ether oxygens (including phenoxy) is 2. The van der Waals surface area contributed by atoms with E-state index in [-0.39, 0.29) is 5.97 Å². The molecule has 23 heavy (non-hydrogen) atoms. The van der Waals surface area contributed by atoms with Crippen LogP contribution in [-0.4, -0.2) is 13.1 Å². The molecule has 0 spiro atoms. The van der Waals surface area contributed by atoms with Crippen molar-refractivity contribution in [2.24, 2.45) is 0 Å². The molecular formula is C20H18O3. The van der Waals surface area contributed by atoms with Crippen LogP contribution in [0.4, 0.5) is 0 Å². The molecule has 0 aliphatic heterocycles. The third kappa shape index (κ3) is 3.34. The Morgan fingerprint density at radius 3 is 2.52 bits per heavy atom. The second-order valence-corrected chi connectivity index (χ2v) is 5.44. The van der Waals surface area contributed by atoms with Gasteiger partial charge in [-0.05, 0) is 47.0 Å². The number of methoxy groups -OCH3 is 1. The summed E-state index contributed by atoms with van der Waals surface area (Å²) in [5.74, 6) is 0.308. The van der Waals surface area contributed by atoms with Gasteiger partial charge in [-0.25, -0.2) is 4.79 Å². The molecule has 0 saturated carbocycles. The van der Waals surface area contributed by atoms with Crippen LogP contribution in [0.5, 0.6) is 5.75 Å². The standard InChI is InChI=1S/C20H18O3/c1-14-7-10-18(12-19(14)20(21)22-2)23-13-15-8-9-16-5-3-4-6-17(16)11-15/h3-12H,13H2,1-2H3. The lowest BCUT2D eigenvalue weighted by Gasteiger charge is -2.10. The van der Waals surface area contributed by atoms with Crippen LogP contribution >= 0.6 is 0 Å². The molecule has 0 atom stereocenters. The van der Waals surface area contributed by atoms with E-state index in [1.54, 1.807) is 6.07 Å². The van der Waals surface area contributed by atoms with E-state index in [4.69, 9.17) is 9.47 Å². The number of aryl methyl sites for hydroxylation is 1. The second kappa shape index (κ2) is 6.53. The van der Waals surface area contributed by atoms with Gasteiger partial charge in [0, 0.05) is 0 Å². The molecule has 0 aromatic heterocycles. The fourth-order valence-corrected chi connectivity index (χ4v) is 2.52. The Morgan fingerprint density at radius 1 is 0.957 bits per heavy atom. The van der Waals surface area contributed by atoms with Crippen molar-refractivity contribution in [1.29, 1.82) is 0 Å². The lowest BCUT2D eigenvalue weighted by atomic mass is 10.1. The number of esters is 1. The number of hydrogen-bond donors (Lipinski definition) is 0. The molecule has 3 aromatic carbocycles. The highest BCUT2D eigenvalue weighted by Gasteiger charge is 2.10. The minimum atomic E-state index is -0.348. The largest absolute Gasteiger partial charge is 0.489 e. The molecule has 3 rings (SSSR count). The Balaban J connectivity index is 1.78. The molecule has 0 N–H and O–H groups in total. The minimum Gasteiger partial charge on any atom is -0.489 e. The van der Waals surface area contributed by atoms with Crippen molar-refractivity contribution >= 4 is 16.7 Å². The van der Waals surface area contributed by atoms with Crippen LogP contribution in [0.2, 0.25) is 0 Å². The summed E-state index contributed by atoms with van der Waals surface area (Å²) in [7, 11) is 1.38. The number of rotatable bonds is 4. The van der Waals surface area contributed by atoms with Crippen molar-refractivity contribution < 1.29 is 14.3 Å². The van der Waals surface area contributed by atoms with Gasteiger partial charge in [-0.2, -0.15) is 0 Å². The van der Waals surface area contributed by atoms with Crippen LogP contribution in [0, 0.1) is 6.92 Å². The van der Waals surface area contributed by atoms with E-state index in [1.165, 1.54) is 17.9 Å². The molecule has 3 aromatic rings. The van der Waals surface area contributed by atoms with Gasteiger partial charge in [-0.15, -0.1) is 0 Å². The highest BCUT2D eigenvalue weighted by Crippen LogP contribution is 2.21. The van der Waals surface area contributed by atoms with E-state index >= 15 is 0 Å². The summed E-state index contributed by atoms with van der Waals surface area (Å²) in [6, 6.07) is 19.9. The topological polar surface area (TPSA) is 35.5 Å². The third-order valence-corrected chi connectivity index (χ3v) is 3.83. The Morgan fingerprint density at radius 2 is 1.74 bits per heavy atom. The first kappa shape index (κ1) is 15.1. The van der Waals surface area contributed by atoms with E-state index < -0.39 is 0 Å². The molecule has 0 aliphatic carbocycles. The Labute approximate surface area is 135 Å². The summed E-state index contributed by atoms with van der Waals surface area (Å²) >= 11 is 0. The zero-order chi connectivity index (χ0) is 16.2. The normalized spacial score (nSPS) is 10.5. The van der Waals surface area contributed by atoms with Gasteiger partial charge in [-0.1, -0.05) is 42.5 Å². The van der Waals surface area contributed by atoms with Crippen LogP contribution in [-0.2, 0) is 11.3 Å². The van der Waals surface area contributed by atoms with Gasteiger partial charge in [0.1, 0.15) is 12.4 Å². The van der Waals surface area contributed by atoms with E-state index in [0.29, 0.717) is 17.9 Å². The van der Waals surface area contributed by atoms with E-state index in [1.807, 2.05) is 31.2 Å². The molecule has 116 valence electrons. The molecule has 0 bridgehead atoms. The molecule has 3 heteroatoms. The predicted molar refractivity (Wildman–Crippen MR) is 90.8 cm³/mol. The Hall–Kier alpha value is -2.81. The zero-order valence-electron chi connectivity index (χ0n) is 13.2. The lowest BCUT2D eigenvalue weighted by molar-refractivity contribution is 0.0599. The first-order valence-electron chi connectivity index (χ1n) is 7.47. The Bertz CT molecular complexity index is 852. The molecule has 0 saturated heterocycles. The molecule has 0 amide bonds. The zero-order valence-corrected chi connectivity index (χ0v) is 13.2. The van der Waals surface area contributed by atoms with Crippen molar-refractivity contribution in [3.63, 3.8) is 0 Å². The molecule has 0 fully saturated rings. The summed E-state index contributed by atoms with van der Waals surface area (Å²) in [4.78, 5) is 11.7. The van der Waals surface area contributed by atoms with Crippen LogP contribution in [0.15, 0.2) is 60.7 Å². The number of benzene rings is 3. The molecule has 0 aliphatic rings. The first-order chi connectivity index (χ1) is 11.2. The van der Waals surface area contributed by atoms with Crippen LogP contribution < -0.4 is 4.74 Å². The maximum atomic E-state index is 11.7. The van der Waals surface area contributed by atoms with Gasteiger partial charge in [0.25, 0.3) is 0 Å². The van der Waals surface area contributed by atoms with Gasteiger partial charge in [0.05, 0.1) is 12.7 Å². The van der Waals surface area contributed by atoms with Gasteiger partial charge in [-0.3, -0.25) is 0 Å². The molecule has 0 heterocycles. The first-order valence-corrected chi connectivity index (χ1v) is 7.47. The SMILES string of the molecule is COC(=O)c1cc(OCc2ccc3ccccc3c2)ccc1C. The highest BCUT2D eigenvalue weighted by atomic mass is 16.5. The summed E-state index contributed by atoms with van der Waals surface area (Å²) in [6.07, 6.45) is 0. The fraction of sp³-hybridized carbons (Fsp3) is 0.150. The average molecular weight is 306 g/mol. The molecular weight excluding hydrogens is 288 g/mol. The van der Waals surface area contributed by atoms with Crippen LogP contribution in [0.3, 0.4) is 0 Å². The van der Waals surface area contributed by atoms with Crippen molar-refractivity contribution in [3.8, 4) is 5.75 Å². The Kier molecular flexibility index (Phi) is 4.29. The van der Waals surface area contributed by atoms with Gasteiger partial charge in [0.15, 0.2) is 0 Å². The highest BCUT2D eigenvalue weighted by molar-refractivity contribution is 5.91. The lowest BCUT2D eigenvalue weighted by Crippen LogP contribution is -2.04. The number of fused-ring (bicyclic) bond motifs is 1. The average Bonchev–Trinajstić information content (AvgIpc) is 2.60. The van der Waals surface area contributed by atoms with Crippen molar-refractivity contribution in [1.82, 2.24) is 0 Å². The molecule has 0 radical (unpaired) electrons. The smallest absolute Gasteiger partial charge is 0.338 e. The van der Waals surface area contributed by atoms with Crippen molar-refractivity contribution in [3.05, 3.63) is 77.4 Å². The predicted octanol–water partition coefficient (Wildman–Crippen LogP) is 4.51. The summed E-state index contributed by atoms with van der Waals surface area (Å²) < 4.78 is 10.6. The number of hydrogen-bond acceptors (Lipinski definition) is 3. The third-order valence-electron chi connectivity index (χ3n) is 3.83. The van der Waals surface area contributed by atoms with Gasteiger partial charge in [0.2, 0.25) is 0 Å². The summed E-state index contributed by atoms with van der Waals surface area (Å²) in [6.45, 7) is 2.33. The van der Waals surface area contributed by atoms with Gasteiger partial charge >= 0.3 is 5.97 Å². The van der Waals surface area contributed by atoms with Crippen molar-refractivity contribution in [2.75, 3.05) is 7.11 Å². The monoisotopic (exact) mass is 306 g/mol. The molecule has 3 nitrogen and oxygen atoms in total. The summed E-state index contributed by atoms with van der Waals surface area (Å²) in [5.41, 5.74) is 2.49. The molecule has 0 unspecified atom stereocenters. The number of carbonyl (C=O) groups is 1. The van der Waals surface area contributed by atoms with Crippen molar-refractivity contribution in [2.45, 2.75) is 13.5 Å². The number of carbonyl (C=O) groups excluding carboxylic acids is 1. The fourth-order valence-electron chi connectivity index (χ4n) is 2.52. The maximum absolute atomic E-state index is 11.7. The quantitative estimate of drug-likeness (QED) is 0.665. The summed E-state index contributed by atoms with van der Waals surface area (Å²) in [5, 5.41) is 2.40.